The molecule has 4 heteroatoms. The van der Waals surface area contributed by atoms with E-state index in [0.717, 1.165) is 36.8 Å². The van der Waals surface area contributed by atoms with E-state index >= 15 is 0 Å². The molecule has 3 heterocycles. The molecule has 1 aromatic heterocycles. The van der Waals surface area contributed by atoms with Gasteiger partial charge in [-0.05, 0) is 11.6 Å². The molecule has 2 N–H and O–H groups in total. The van der Waals surface area contributed by atoms with E-state index in [4.69, 9.17) is 16.3 Å². The molecule has 0 amide bonds. The van der Waals surface area contributed by atoms with Crippen molar-refractivity contribution in [3.05, 3.63) is 28.4 Å². The summed E-state index contributed by atoms with van der Waals surface area (Å²) in [7, 11) is 0. The fourth-order valence-corrected chi connectivity index (χ4v) is 3.54. The van der Waals surface area contributed by atoms with Gasteiger partial charge in [0.15, 0.2) is 5.75 Å². The van der Waals surface area contributed by atoms with Crippen LogP contribution in [0.5, 0.6) is 5.75 Å². The van der Waals surface area contributed by atoms with Crippen molar-refractivity contribution in [1.29, 1.82) is 0 Å². The molecule has 0 saturated carbocycles. The molecule has 3 nitrogen and oxygen atoms in total. The van der Waals surface area contributed by atoms with Gasteiger partial charge in [0, 0.05) is 23.9 Å². The number of halogens is 1. The molecule has 2 aliphatic rings. The smallest absolute Gasteiger partial charge is 0.162 e. The molecule has 18 heavy (non-hydrogen) atoms. The van der Waals surface area contributed by atoms with Gasteiger partial charge in [0.25, 0.3) is 0 Å². The Bertz CT molecular complexity index is 632. The molecule has 94 valence electrons. The Labute approximate surface area is 111 Å². The minimum absolute atomic E-state index is 0.733. The van der Waals surface area contributed by atoms with Crippen molar-refractivity contribution in [2.24, 2.45) is 0 Å². The van der Waals surface area contributed by atoms with Crippen molar-refractivity contribution in [1.82, 2.24) is 4.57 Å². The van der Waals surface area contributed by atoms with Crippen molar-refractivity contribution >= 4 is 22.5 Å². The summed E-state index contributed by atoms with van der Waals surface area (Å²) < 4.78 is 8.21. The molecule has 0 fully saturated rings. The molecule has 0 saturated heterocycles. The van der Waals surface area contributed by atoms with Gasteiger partial charge in [0.05, 0.1) is 30.2 Å². The lowest BCUT2D eigenvalue weighted by Gasteiger charge is -2.19. The van der Waals surface area contributed by atoms with Gasteiger partial charge in [0.2, 0.25) is 0 Å². The van der Waals surface area contributed by atoms with E-state index < -0.39 is 0 Å². The summed E-state index contributed by atoms with van der Waals surface area (Å²) in [4.78, 5) is 0. The van der Waals surface area contributed by atoms with Crippen LogP contribution < -0.4 is 10.1 Å². The summed E-state index contributed by atoms with van der Waals surface area (Å²) in [5, 5.41) is 4.50. The molecule has 0 atom stereocenters. The quantitative estimate of drug-likeness (QED) is 0.764. The molecule has 0 aliphatic carbocycles. The van der Waals surface area contributed by atoms with Gasteiger partial charge >= 0.3 is 0 Å². The number of nitrogens with zero attached hydrogens (tertiary/aromatic N) is 1. The molecular weight excluding hydrogens is 248 g/mol. The lowest BCUT2D eigenvalue weighted by molar-refractivity contribution is -0.652. The first-order valence-corrected chi connectivity index (χ1v) is 7.01. The van der Waals surface area contributed by atoms with E-state index in [-0.39, 0.29) is 0 Å². The topological polar surface area (TPSA) is 30.8 Å². The summed E-state index contributed by atoms with van der Waals surface area (Å²) >= 11 is 6.26. The average Bonchev–Trinajstić information content (AvgIpc) is 2.57. The summed E-state index contributed by atoms with van der Waals surface area (Å²) in [5.74, 6) is 0.887. The Hall–Kier alpha value is -1.19. The van der Waals surface area contributed by atoms with Gasteiger partial charge in [0.1, 0.15) is 6.61 Å². The Balaban J connectivity index is 2.10. The molecule has 0 bridgehead atoms. The van der Waals surface area contributed by atoms with Crippen molar-refractivity contribution in [2.75, 3.05) is 19.7 Å². The normalized spacial score (nSPS) is 18.3. The first kappa shape index (κ1) is 10.7. The maximum absolute atomic E-state index is 6.26. The van der Waals surface area contributed by atoms with E-state index in [1.807, 2.05) is 6.07 Å². The predicted octanol–water partition coefficient (Wildman–Crippen LogP) is 1.35. The van der Waals surface area contributed by atoms with Gasteiger partial charge in [-0.25, -0.2) is 0 Å². The number of ether oxygens (including phenoxy) is 1. The van der Waals surface area contributed by atoms with Gasteiger partial charge in [-0.2, -0.15) is 0 Å². The van der Waals surface area contributed by atoms with Crippen LogP contribution in [-0.2, 0) is 19.4 Å². The van der Waals surface area contributed by atoms with Crippen LogP contribution >= 0.6 is 11.6 Å². The monoisotopic (exact) mass is 263 g/mol. The molecule has 1 aromatic carbocycles. The van der Waals surface area contributed by atoms with Crippen LogP contribution in [0.3, 0.4) is 0 Å². The van der Waals surface area contributed by atoms with Gasteiger partial charge in [-0.1, -0.05) is 17.7 Å². The number of quaternary nitrogens is 1. The highest BCUT2D eigenvalue weighted by Crippen LogP contribution is 2.40. The Morgan fingerprint density at radius 1 is 1.22 bits per heavy atom. The maximum Gasteiger partial charge on any atom is 0.162 e. The Kier molecular flexibility index (Phi) is 2.32. The fourth-order valence-electron chi connectivity index (χ4n) is 3.33. The third kappa shape index (κ3) is 1.35. The first-order chi connectivity index (χ1) is 8.86. The van der Waals surface area contributed by atoms with E-state index in [2.05, 4.69) is 16.0 Å². The molecule has 2 aromatic rings. The van der Waals surface area contributed by atoms with Crippen LogP contribution in [0.2, 0.25) is 5.02 Å². The predicted molar refractivity (Wildman–Crippen MR) is 71.5 cm³/mol. The molecule has 0 unspecified atom stereocenters. The Morgan fingerprint density at radius 3 is 3.06 bits per heavy atom. The second kappa shape index (κ2) is 3.90. The van der Waals surface area contributed by atoms with E-state index in [1.165, 1.54) is 35.2 Å². The SMILES string of the molecule is Clc1ccc2c3c(n4c2c1OCC4)CC[NH2+]CC3. The number of fused-ring (bicyclic) bond motifs is 3. The largest absolute Gasteiger partial charge is 0.488 e. The number of hydrogen-bond donors (Lipinski definition) is 1. The van der Waals surface area contributed by atoms with Gasteiger partial charge < -0.3 is 14.6 Å². The van der Waals surface area contributed by atoms with E-state index in [0.29, 0.717) is 0 Å². The minimum Gasteiger partial charge on any atom is -0.488 e. The third-order valence-corrected chi connectivity index (χ3v) is 4.40. The highest BCUT2D eigenvalue weighted by atomic mass is 35.5. The third-order valence-electron chi connectivity index (χ3n) is 4.10. The van der Waals surface area contributed by atoms with Gasteiger partial charge in [-0.3, -0.25) is 0 Å². The number of rotatable bonds is 0. The second-order valence-corrected chi connectivity index (χ2v) is 5.47. The summed E-state index contributed by atoms with van der Waals surface area (Å²) in [6, 6.07) is 4.14. The zero-order chi connectivity index (χ0) is 12.1. The zero-order valence-electron chi connectivity index (χ0n) is 10.2. The highest BCUT2D eigenvalue weighted by Gasteiger charge is 2.25. The molecule has 2 aliphatic heterocycles. The number of benzene rings is 1. The van der Waals surface area contributed by atoms with Crippen molar-refractivity contribution in [3.8, 4) is 5.75 Å². The van der Waals surface area contributed by atoms with Crippen LogP contribution in [0.25, 0.3) is 10.9 Å². The standard InChI is InChI=1S/C14H15ClN2O/c15-11-2-1-10-9-3-5-16-6-4-12(9)17-7-8-18-14(11)13(10)17/h1-2,16H,3-8H2/p+1. The lowest BCUT2D eigenvalue weighted by Crippen LogP contribution is -2.84. The number of nitrogens with two attached hydrogens (primary N) is 1. The summed E-state index contributed by atoms with van der Waals surface area (Å²) in [5.41, 5.74) is 4.24. The molecule has 0 spiro atoms. The van der Waals surface area contributed by atoms with Crippen LogP contribution in [0.15, 0.2) is 12.1 Å². The zero-order valence-corrected chi connectivity index (χ0v) is 11.0. The lowest BCUT2D eigenvalue weighted by atomic mass is 10.1. The fraction of sp³-hybridized carbons (Fsp3) is 0.429. The maximum atomic E-state index is 6.26. The first-order valence-electron chi connectivity index (χ1n) is 6.63. The van der Waals surface area contributed by atoms with Crippen molar-refractivity contribution < 1.29 is 10.1 Å². The van der Waals surface area contributed by atoms with E-state index in [9.17, 15) is 0 Å². The average molecular weight is 264 g/mol. The minimum atomic E-state index is 0.733. The molecular formula is C14H16ClN2O+. The molecule has 0 radical (unpaired) electrons. The summed E-state index contributed by atoms with van der Waals surface area (Å²) in [6.45, 7) is 4.06. The number of aromatic nitrogens is 1. The van der Waals surface area contributed by atoms with Crippen LogP contribution in [-0.4, -0.2) is 24.3 Å². The van der Waals surface area contributed by atoms with Crippen molar-refractivity contribution in [2.45, 2.75) is 19.4 Å². The van der Waals surface area contributed by atoms with Gasteiger partial charge in [-0.15, -0.1) is 0 Å². The highest BCUT2D eigenvalue weighted by molar-refractivity contribution is 6.33. The van der Waals surface area contributed by atoms with Crippen LogP contribution in [0.4, 0.5) is 0 Å². The second-order valence-electron chi connectivity index (χ2n) is 5.06. The van der Waals surface area contributed by atoms with E-state index in [1.54, 1.807) is 0 Å². The van der Waals surface area contributed by atoms with Crippen LogP contribution in [0, 0.1) is 0 Å². The number of hydrogen-bond acceptors (Lipinski definition) is 1. The Morgan fingerprint density at radius 2 is 2.11 bits per heavy atom. The van der Waals surface area contributed by atoms with Crippen molar-refractivity contribution in [3.63, 3.8) is 0 Å². The summed E-state index contributed by atoms with van der Waals surface area (Å²) in [6.07, 6.45) is 2.31. The van der Waals surface area contributed by atoms with Crippen LogP contribution in [0.1, 0.15) is 11.3 Å². The molecule has 4 rings (SSSR count).